The largest absolute Gasteiger partial charge is 0.481 e. The van der Waals surface area contributed by atoms with Crippen LogP contribution in [0.4, 0.5) is 0 Å². The molecule has 3 atom stereocenters. The summed E-state index contributed by atoms with van der Waals surface area (Å²) in [4.78, 5) is 24.8. The molecule has 6 nitrogen and oxygen atoms in total. The zero-order valence-corrected chi connectivity index (χ0v) is 11.6. The lowest BCUT2D eigenvalue weighted by atomic mass is 9.95. The van der Waals surface area contributed by atoms with Gasteiger partial charge < -0.3 is 20.1 Å². The molecule has 2 N–H and O–H groups in total. The molecule has 3 heterocycles. The van der Waals surface area contributed by atoms with Crippen molar-refractivity contribution < 1.29 is 19.4 Å². The topological polar surface area (TPSA) is 78.9 Å². The van der Waals surface area contributed by atoms with E-state index in [-0.39, 0.29) is 17.9 Å². The van der Waals surface area contributed by atoms with Gasteiger partial charge in [0.25, 0.3) is 0 Å². The summed E-state index contributed by atoms with van der Waals surface area (Å²) in [6.45, 7) is 1.46. The third-order valence-electron chi connectivity index (χ3n) is 4.82. The number of hydrogen-bond donors (Lipinski definition) is 2. The van der Waals surface area contributed by atoms with E-state index < -0.39 is 5.97 Å². The third-order valence-corrected chi connectivity index (χ3v) is 4.82. The predicted molar refractivity (Wildman–Crippen MR) is 71.2 cm³/mol. The fraction of sp³-hybridized carbons (Fsp3) is 0.857. The van der Waals surface area contributed by atoms with Crippen molar-refractivity contribution >= 4 is 11.9 Å². The summed E-state index contributed by atoms with van der Waals surface area (Å²) < 4.78 is 5.75. The van der Waals surface area contributed by atoms with E-state index in [1.165, 1.54) is 0 Å². The van der Waals surface area contributed by atoms with E-state index in [4.69, 9.17) is 9.84 Å². The maximum Gasteiger partial charge on any atom is 0.306 e. The molecular weight excluding hydrogens is 260 g/mol. The first-order chi connectivity index (χ1) is 9.63. The number of carbonyl (C=O) groups excluding carboxylic acids is 1. The number of carboxylic acid groups (broad SMARTS) is 1. The number of carbonyl (C=O) groups is 2. The number of rotatable bonds is 4. The van der Waals surface area contributed by atoms with E-state index in [0.29, 0.717) is 44.6 Å². The molecule has 3 rings (SSSR count). The summed E-state index contributed by atoms with van der Waals surface area (Å²) >= 11 is 0. The predicted octanol–water partition coefficient (Wildman–Crippen LogP) is 0.219. The Labute approximate surface area is 118 Å². The number of amides is 1. The van der Waals surface area contributed by atoms with Gasteiger partial charge in [0.15, 0.2) is 0 Å². The Morgan fingerprint density at radius 1 is 1.20 bits per heavy atom. The van der Waals surface area contributed by atoms with Crippen LogP contribution in [0.3, 0.4) is 0 Å². The molecule has 0 saturated carbocycles. The molecule has 0 aromatic heterocycles. The monoisotopic (exact) mass is 282 g/mol. The smallest absolute Gasteiger partial charge is 0.306 e. The Morgan fingerprint density at radius 2 is 1.95 bits per heavy atom. The highest BCUT2D eigenvalue weighted by Gasteiger charge is 2.40. The molecule has 0 aromatic carbocycles. The first kappa shape index (κ1) is 13.8. The molecular formula is C14H22N2O4. The summed E-state index contributed by atoms with van der Waals surface area (Å²) in [6.07, 6.45) is 5.07. The molecule has 2 bridgehead atoms. The van der Waals surface area contributed by atoms with E-state index >= 15 is 0 Å². The number of hydrogen-bond acceptors (Lipinski definition) is 4. The number of fused-ring (bicyclic) bond motifs is 2. The normalized spacial score (nSPS) is 33.6. The van der Waals surface area contributed by atoms with Crippen molar-refractivity contribution in [3.63, 3.8) is 0 Å². The van der Waals surface area contributed by atoms with Crippen molar-refractivity contribution in [3.05, 3.63) is 0 Å². The maximum atomic E-state index is 12.1. The van der Waals surface area contributed by atoms with Gasteiger partial charge in [-0.15, -0.1) is 0 Å². The highest BCUT2D eigenvalue weighted by Crippen LogP contribution is 2.34. The van der Waals surface area contributed by atoms with Gasteiger partial charge in [0, 0.05) is 19.1 Å². The number of piperidine rings is 1. The van der Waals surface area contributed by atoms with Crippen LogP contribution < -0.4 is 5.32 Å². The Kier molecular flexibility index (Phi) is 3.94. The van der Waals surface area contributed by atoms with Crippen LogP contribution in [0.1, 0.15) is 32.1 Å². The van der Waals surface area contributed by atoms with Gasteiger partial charge in [0.05, 0.1) is 24.7 Å². The van der Waals surface area contributed by atoms with E-state index in [1.54, 1.807) is 4.90 Å². The van der Waals surface area contributed by atoms with Crippen molar-refractivity contribution in [3.8, 4) is 0 Å². The summed E-state index contributed by atoms with van der Waals surface area (Å²) in [7, 11) is 0. The van der Waals surface area contributed by atoms with Gasteiger partial charge in [-0.05, 0) is 32.1 Å². The molecule has 0 radical (unpaired) electrons. The van der Waals surface area contributed by atoms with Crippen LogP contribution in [0.2, 0.25) is 0 Å². The zero-order chi connectivity index (χ0) is 14.1. The van der Waals surface area contributed by atoms with E-state index in [2.05, 4.69) is 5.32 Å². The summed E-state index contributed by atoms with van der Waals surface area (Å²) in [5, 5.41) is 12.3. The summed E-state index contributed by atoms with van der Waals surface area (Å²) in [5.74, 6) is -0.947. The molecule has 3 aliphatic heterocycles. The number of carboxylic acids is 1. The number of ether oxygens (including phenoxy) is 1. The third kappa shape index (κ3) is 2.81. The average molecular weight is 282 g/mol. The SMILES string of the molecule is O=C(O)C1CCN(C(=O)CNC2CC3CCC2O3)CC1. The van der Waals surface area contributed by atoms with Crippen molar-refractivity contribution in [2.75, 3.05) is 19.6 Å². The van der Waals surface area contributed by atoms with Gasteiger partial charge in [-0.2, -0.15) is 0 Å². The Balaban J connectivity index is 1.40. The lowest BCUT2D eigenvalue weighted by Crippen LogP contribution is -2.47. The van der Waals surface area contributed by atoms with Gasteiger partial charge in [-0.25, -0.2) is 0 Å². The molecule has 3 fully saturated rings. The Bertz CT molecular complexity index is 393. The fourth-order valence-corrected chi connectivity index (χ4v) is 3.56. The molecule has 3 aliphatic rings. The van der Waals surface area contributed by atoms with Crippen molar-refractivity contribution in [2.24, 2.45) is 5.92 Å². The maximum absolute atomic E-state index is 12.1. The second-order valence-electron chi connectivity index (χ2n) is 6.09. The number of likely N-dealkylation sites (tertiary alicyclic amines) is 1. The second kappa shape index (κ2) is 5.69. The van der Waals surface area contributed by atoms with Gasteiger partial charge in [-0.3, -0.25) is 9.59 Å². The van der Waals surface area contributed by atoms with Gasteiger partial charge in [0.2, 0.25) is 5.91 Å². The van der Waals surface area contributed by atoms with Gasteiger partial charge in [-0.1, -0.05) is 0 Å². The fourth-order valence-electron chi connectivity index (χ4n) is 3.56. The molecule has 6 heteroatoms. The minimum absolute atomic E-state index is 0.0802. The molecule has 112 valence electrons. The van der Waals surface area contributed by atoms with Gasteiger partial charge in [0.1, 0.15) is 0 Å². The van der Waals surface area contributed by atoms with E-state index in [0.717, 1.165) is 19.3 Å². The van der Waals surface area contributed by atoms with Crippen LogP contribution in [-0.4, -0.2) is 59.8 Å². The first-order valence-electron chi connectivity index (χ1n) is 7.53. The lowest BCUT2D eigenvalue weighted by Gasteiger charge is -2.31. The molecule has 3 unspecified atom stereocenters. The van der Waals surface area contributed by atoms with Crippen LogP contribution >= 0.6 is 0 Å². The molecule has 20 heavy (non-hydrogen) atoms. The molecule has 0 aromatic rings. The number of nitrogens with one attached hydrogen (secondary N) is 1. The van der Waals surface area contributed by atoms with E-state index in [1.807, 2.05) is 0 Å². The second-order valence-corrected chi connectivity index (χ2v) is 6.09. The van der Waals surface area contributed by atoms with Crippen molar-refractivity contribution in [2.45, 2.75) is 50.4 Å². The Hall–Kier alpha value is -1.14. The van der Waals surface area contributed by atoms with Crippen LogP contribution in [-0.2, 0) is 14.3 Å². The van der Waals surface area contributed by atoms with Crippen LogP contribution in [0.5, 0.6) is 0 Å². The zero-order valence-electron chi connectivity index (χ0n) is 11.6. The lowest BCUT2D eigenvalue weighted by molar-refractivity contribution is -0.145. The van der Waals surface area contributed by atoms with Crippen LogP contribution in [0, 0.1) is 5.92 Å². The highest BCUT2D eigenvalue weighted by atomic mass is 16.5. The molecule has 3 saturated heterocycles. The van der Waals surface area contributed by atoms with Crippen molar-refractivity contribution in [1.29, 1.82) is 0 Å². The average Bonchev–Trinajstić information content (AvgIpc) is 3.07. The minimum atomic E-state index is -0.741. The van der Waals surface area contributed by atoms with Crippen molar-refractivity contribution in [1.82, 2.24) is 10.2 Å². The van der Waals surface area contributed by atoms with Crippen LogP contribution in [0.25, 0.3) is 0 Å². The van der Waals surface area contributed by atoms with Gasteiger partial charge >= 0.3 is 5.97 Å². The van der Waals surface area contributed by atoms with E-state index in [9.17, 15) is 9.59 Å². The quantitative estimate of drug-likeness (QED) is 0.771. The number of aliphatic carboxylic acids is 1. The number of nitrogens with zero attached hydrogens (tertiary/aromatic N) is 1. The Morgan fingerprint density at radius 3 is 2.50 bits per heavy atom. The molecule has 0 spiro atoms. The summed E-state index contributed by atoms with van der Waals surface area (Å²) in [6, 6.07) is 0.314. The minimum Gasteiger partial charge on any atom is -0.481 e. The highest BCUT2D eigenvalue weighted by molar-refractivity contribution is 5.79. The standard InChI is InChI=1S/C14H22N2O4/c17-13(16-5-3-9(4-6-16)14(18)19)8-15-11-7-10-1-2-12(11)20-10/h9-12,15H,1-8H2,(H,18,19). The van der Waals surface area contributed by atoms with Crippen LogP contribution in [0.15, 0.2) is 0 Å². The molecule has 1 amide bonds. The first-order valence-corrected chi connectivity index (χ1v) is 7.53. The summed E-state index contributed by atoms with van der Waals surface area (Å²) in [5.41, 5.74) is 0. The molecule has 0 aliphatic carbocycles.